The van der Waals surface area contributed by atoms with Gasteiger partial charge in [-0.15, -0.1) is 0 Å². The van der Waals surface area contributed by atoms with Crippen molar-refractivity contribution in [3.8, 4) is 5.75 Å². The maximum atomic E-state index is 5.99. The Morgan fingerprint density at radius 3 is 2.70 bits per heavy atom. The summed E-state index contributed by atoms with van der Waals surface area (Å²) in [6.45, 7) is 2.60. The maximum Gasteiger partial charge on any atom is 0.157 e. The first-order valence-electron chi connectivity index (χ1n) is 6.34. The Bertz CT molecular complexity index is 550. The summed E-state index contributed by atoms with van der Waals surface area (Å²) in [4.78, 5) is 8.09. The summed E-state index contributed by atoms with van der Waals surface area (Å²) in [7, 11) is 1.78. The van der Waals surface area contributed by atoms with Gasteiger partial charge in [0.15, 0.2) is 11.0 Å². The van der Waals surface area contributed by atoms with Crippen molar-refractivity contribution in [3.63, 3.8) is 0 Å². The van der Waals surface area contributed by atoms with Crippen molar-refractivity contribution < 1.29 is 4.74 Å². The van der Waals surface area contributed by atoms with Crippen molar-refractivity contribution in [2.75, 3.05) is 24.2 Å². The highest BCUT2D eigenvalue weighted by atomic mass is 35.5. The van der Waals surface area contributed by atoms with E-state index in [1.807, 2.05) is 37.3 Å². The van der Waals surface area contributed by atoms with Crippen molar-refractivity contribution in [1.82, 2.24) is 9.97 Å². The first-order chi connectivity index (χ1) is 9.70. The van der Waals surface area contributed by atoms with Crippen LogP contribution < -0.4 is 15.4 Å². The predicted octanol–water partition coefficient (Wildman–Crippen LogP) is 3.05. The fourth-order valence-electron chi connectivity index (χ4n) is 1.73. The summed E-state index contributed by atoms with van der Waals surface area (Å²) < 4.78 is 5.78. The number of rotatable bonds is 6. The molecule has 1 aromatic heterocycles. The molecule has 0 aliphatic heterocycles. The molecule has 2 aromatic rings. The highest BCUT2D eigenvalue weighted by Crippen LogP contribution is 2.25. The Labute approximate surface area is 123 Å². The van der Waals surface area contributed by atoms with Crippen LogP contribution >= 0.6 is 11.6 Å². The molecule has 1 atom stereocenters. The zero-order chi connectivity index (χ0) is 14.4. The Balaban J connectivity index is 1.94. The van der Waals surface area contributed by atoms with Crippen LogP contribution in [0.3, 0.4) is 0 Å². The molecule has 1 aromatic carbocycles. The SMILES string of the molecule is CNc1c(Cl)ncnc1NCC(C)Oc1ccccc1. The van der Waals surface area contributed by atoms with E-state index in [0.717, 1.165) is 5.75 Å². The molecule has 5 nitrogen and oxygen atoms in total. The monoisotopic (exact) mass is 292 g/mol. The summed E-state index contributed by atoms with van der Waals surface area (Å²) in [5, 5.41) is 6.57. The molecule has 106 valence electrons. The van der Waals surface area contributed by atoms with Gasteiger partial charge < -0.3 is 15.4 Å². The van der Waals surface area contributed by atoms with Crippen LogP contribution in [-0.4, -0.2) is 29.7 Å². The number of nitrogens with one attached hydrogen (secondary N) is 2. The number of ether oxygens (including phenoxy) is 1. The van der Waals surface area contributed by atoms with Gasteiger partial charge in [-0.1, -0.05) is 29.8 Å². The molecule has 2 N–H and O–H groups in total. The van der Waals surface area contributed by atoms with Crippen LogP contribution in [0.2, 0.25) is 5.15 Å². The molecule has 1 unspecified atom stereocenters. The highest BCUT2D eigenvalue weighted by molar-refractivity contribution is 6.32. The molecule has 0 aliphatic rings. The van der Waals surface area contributed by atoms with Gasteiger partial charge in [-0.2, -0.15) is 0 Å². The van der Waals surface area contributed by atoms with E-state index in [0.29, 0.717) is 23.2 Å². The van der Waals surface area contributed by atoms with Crippen LogP contribution in [-0.2, 0) is 0 Å². The van der Waals surface area contributed by atoms with E-state index in [2.05, 4.69) is 20.6 Å². The van der Waals surface area contributed by atoms with Crippen LogP contribution in [0.1, 0.15) is 6.92 Å². The second-order valence-electron chi connectivity index (χ2n) is 4.26. The fraction of sp³-hybridized carbons (Fsp3) is 0.286. The zero-order valence-corrected chi connectivity index (χ0v) is 12.2. The molecule has 20 heavy (non-hydrogen) atoms. The minimum Gasteiger partial charge on any atom is -0.489 e. The first kappa shape index (κ1) is 14.4. The summed E-state index contributed by atoms with van der Waals surface area (Å²) in [5.41, 5.74) is 0.682. The Hall–Kier alpha value is -2.01. The molecule has 0 radical (unpaired) electrons. The number of halogens is 1. The summed E-state index contributed by atoms with van der Waals surface area (Å²) in [6, 6.07) is 9.70. The fourth-order valence-corrected chi connectivity index (χ4v) is 1.96. The van der Waals surface area contributed by atoms with Gasteiger partial charge >= 0.3 is 0 Å². The summed E-state index contributed by atoms with van der Waals surface area (Å²) in [6.07, 6.45) is 1.42. The van der Waals surface area contributed by atoms with Gasteiger partial charge in [-0.05, 0) is 19.1 Å². The van der Waals surface area contributed by atoms with E-state index in [-0.39, 0.29) is 6.10 Å². The second kappa shape index (κ2) is 6.96. The molecule has 0 saturated carbocycles. The number of nitrogens with zero attached hydrogens (tertiary/aromatic N) is 2. The van der Waals surface area contributed by atoms with Crippen LogP contribution in [0, 0.1) is 0 Å². The highest BCUT2D eigenvalue weighted by Gasteiger charge is 2.10. The quantitative estimate of drug-likeness (QED) is 0.801. The molecule has 0 fully saturated rings. The van der Waals surface area contributed by atoms with Gasteiger partial charge in [-0.3, -0.25) is 0 Å². The van der Waals surface area contributed by atoms with Gasteiger partial charge in [0.05, 0.1) is 6.54 Å². The predicted molar refractivity (Wildman–Crippen MR) is 81.6 cm³/mol. The van der Waals surface area contributed by atoms with Gasteiger partial charge in [0.25, 0.3) is 0 Å². The Kier molecular flexibility index (Phi) is 5.01. The first-order valence-corrected chi connectivity index (χ1v) is 6.72. The average Bonchev–Trinajstić information content (AvgIpc) is 2.46. The van der Waals surface area contributed by atoms with E-state index in [4.69, 9.17) is 16.3 Å². The molecule has 0 spiro atoms. The largest absolute Gasteiger partial charge is 0.489 e. The van der Waals surface area contributed by atoms with Gasteiger partial charge in [-0.25, -0.2) is 9.97 Å². The molecular formula is C14H17ClN4O. The topological polar surface area (TPSA) is 59.1 Å². The van der Waals surface area contributed by atoms with Crippen LogP contribution in [0.25, 0.3) is 0 Å². The lowest BCUT2D eigenvalue weighted by Gasteiger charge is -2.17. The zero-order valence-electron chi connectivity index (χ0n) is 11.4. The number of hydrogen-bond donors (Lipinski definition) is 2. The van der Waals surface area contributed by atoms with Gasteiger partial charge in [0, 0.05) is 7.05 Å². The molecule has 0 amide bonds. The van der Waals surface area contributed by atoms with Gasteiger partial charge in [0.2, 0.25) is 0 Å². The van der Waals surface area contributed by atoms with E-state index in [1.165, 1.54) is 6.33 Å². The number of benzene rings is 1. The molecule has 0 bridgehead atoms. The molecule has 0 saturated heterocycles. The number of anilines is 2. The summed E-state index contributed by atoms with van der Waals surface area (Å²) in [5.74, 6) is 1.51. The number of hydrogen-bond acceptors (Lipinski definition) is 5. The third kappa shape index (κ3) is 3.74. The molecule has 6 heteroatoms. The van der Waals surface area contributed by atoms with Crippen molar-refractivity contribution in [3.05, 3.63) is 41.8 Å². The van der Waals surface area contributed by atoms with E-state index in [1.54, 1.807) is 7.05 Å². The second-order valence-corrected chi connectivity index (χ2v) is 4.62. The lowest BCUT2D eigenvalue weighted by atomic mass is 10.3. The van der Waals surface area contributed by atoms with E-state index in [9.17, 15) is 0 Å². The van der Waals surface area contributed by atoms with Crippen molar-refractivity contribution in [2.24, 2.45) is 0 Å². The molecular weight excluding hydrogens is 276 g/mol. The maximum absolute atomic E-state index is 5.99. The van der Waals surface area contributed by atoms with Crippen molar-refractivity contribution >= 4 is 23.1 Å². The van der Waals surface area contributed by atoms with Gasteiger partial charge in [0.1, 0.15) is 23.9 Å². The normalized spacial score (nSPS) is 11.8. The molecule has 0 aliphatic carbocycles. The number of aromatic nitrogens is 2. The van der Waals surface area contributed by atoms with Crippen LogP contribution in [0.5, 0.6) is 5.75 Å². The minimum atomic E-state index is -0.00385. The Morgan fingerprint density at radius 1 is 1.25 bits per heavy atom. The lowest BCUT2D eigenvalue weighted by Crippen LogP contribution is -2.23. The van der Waals surface area contributed by atoms with E-state index < -0.39 is 0 Å². The average molecular weight is 293 g/mol. The van der Waals surface area contributed by atoms with Crippen LogP contribution in [0.15, 0.2) is 36.7 Å². The lowest BCUT2D eigenvalue weighted by molar-refractivity contribution is 0.234. The molecule has 2 rings (SSSR count). The third-order valence-corrected chi connectivity index (χ3v) is 2.98. The Morgan fingerprint density at radius 2 is 2.00 bits per heavy atom. The minimum absolute atomic E-state index is 0.00385. The third-order valence-electron chi connectivity index (χ3n) is 2.69. The van der Waals surface area contributed by atoms with Crippen molar-refractivity contribution in [2.45, 2.75) is 13.0 Å². The smallest absolute Gasteiger partial charge is 0.157 e. The van der Waals surface area contributed by atoms with Crippen molar-refractivity contribution in [1.29, 1.82) is 0 Å². The molecule has 1 heterocycles. The number of para-hydroxylation sites is 1. The van der Waals surface area contributed by atoms with Crippen LogP contribution in [0.4, 0.5) is 11.5 Å². The summed E-state index contributed by atoms with van der Waals surface area (Å²) >= 11 is 5.99. The standard InChI is InChI=1S/C14H17ClN4O/c1-10(20-11-6-4-3-5-7-11)8-17-14-12(16-2)13(15)18-9-19-14/h3-7,9-10,16H,8H2,1-2H3,(H,17,18,19). The van der Waals surface area contributed by atoms with E-state index >= 15 is 0 Å².